The van der Waals surface area contributed by atoms with Gasteiger partial charge in [0.1, 0.15) is 0 Å². The molecule has 5 heteroatoms. The van der Waals surface area contributed by atoms with Gasteiger partial charge in [0, 0.05) is 32.1 Å². The molecule has 1 amide bonds. The minimum absolute atomic E-state index is 0.0826. The van der Waals surface area contributed by atoms with Crippen LogP contribution in [0.1, 0.15) is 19.3 Å². The number of nitrogens with zero attached hydrogens (tertiary/aromatic N) is 2. The Morgan fingerprint density at radius 3 is 2.94 bits per heavy atom. The second-order valence-corrected chi connectivity index (χ2v) is 5.17. The topological polar surface area (TPSA) is 49.9 Å². The molecule has 3 fully saturated rings. The van der Waals surface area contributed by atoms with Crippen molar-refractivity contribution in [2.75, 3.05) is 32.8 Å². The van der Waals surface area contributed by atoms with Gasteiger partial charge in [0.05, 0.1) is 12.7 Å². The van der Waals surface area contributed by atoms with E-state index in [1.165, 1.54) is 12.8 Å². The molecule has 5 nitrogen and oxygen atoms in total. The van der Waals surface area contributed by atoms with E-state index in [1.54, 1.807) is 4.90 Å². The fourth-order valence-electron chi connectivity index (χ4n) is 3.04. The Kier molecular flexibility index (Phi) is 2.88. The largest absolute Gasteiger partial charge is 0.373 e. The first kappa shape index (κ1) is 11.2. The lowest BCUT2D eigenvalue weighted by Crippen LogP contribution is -2.50. The molecule has 0 aromatic heterocycles. The van der Waals surface area contributed by atoms with Crippen LogP contribution in [0.4, 0.5) is 0 Å². The first-order valence-corrected chi connectivity index (χ1v) is 6.42. The SMILES string of the molecule is O=C1CCN(CC2CN3CCCC3CO2)C1=O. The molecule has 3 rings (SSSR count). The van der Waals surface area contributed by atoms with Crippen LogP contribution >= 0.6 is 0 Å². The van der Waals surface area contributed by atoms with Crippen LogP contribution in [0.2, 0.25) is 0 Å². The van der Waals surface area contributed by atoms with E-state index in [2.05, 4.69) is 4.90 Å². The Labute approximate surface area is 101 Å². The first-order valence-electron chi connectivity index (χ1n) is 6.42. The number of carbonyl (C=O) groups excluding carboxylic acids is 2. The summed E-state index contributed by atoms with van der Waals surface area (Å²) in [5.41, 5.74) is 0. The van der Waals surface area contributed by atoms with Crippen molar-refractivity contribution >= 4 is 11.7 Å². The minimum atomic E-state index is -0.322. The molecule has 0 aromatic carbocycles. The average molecular weight is 238 g/mol. The third kappa shape index (κ3) is 2.09. The van der Waals surface area contributed by atoms with Gasteiger partial charge in [-0.05, 0) is 19.4 Å². The van der Waals surface area contributed by atoms with Crippen molar-refractivity contribution in [2.45, 2.75) is 31.4 Å². The van der Waals surface area contributed by atoms with Gasteiger partial charge in [-0.2, -0.15) is 0 Å². The van der Waals surface area contributed by atoms with Crippen LogP contribution < -0.4 is 0 Å². The molecule has 17 heavy (non-hydrogen) atoms. The highest BCUT2D eigenvalue weighted by atomic mass is 16.5. The summed E-state index contributed by atoms with van der Waals surface area (Å²) in [5.74, 6) is -0.572. The van der Waals surface area contributed by atoms with E-state index >= 15 is 0 Å². The molecule has 0 aliphatic carbocycles. The van der Waals surface area contributed by atoms with Gasteiger partial charge in [0.2, 0.25) is 5.78 Å². The maximum atomic E-state index is 11.5. The lowest BCUT2D eigenvalue weighted by atomic mass is 10.2. The predicted molar refractivity (Wildman–Crippen MR) is 60.5 cm³/mol. The molecule has 0 bridgehead atoms. The van der Waals surface area contributed by atoms with Crippen LogP contribution in [0.15, 0.2) is 0 Å². The number of amides is 1. The van der Waals surface area contributed by atoms with Gasteiger partial charge in [-0.1, -0.05) is 0 Å². The van der Waals surface area contributed by atoms with Crippen LogP contribution in [0.5, 0.6) is 0 Å². The van der Waals surface area contributed by atoms with Gasteiger partial charge >= 0.3 is 0 Å². The third-order valence-corrected chi connectivity index (χ3v) is 4.02. The zero-order chi connectivity index (χ0) is 11.8. The van der Waals surface area contributed by atoms with Gasteiger partial charge in [-0.25, -0.2) is 0 Å². The van der Waals surface area contributed by atoms with Crippen molar-refractivity contribution in [1.29, 1.82) is 0 Å². The first-order chi connectivity index (χ1) is 8.24. The molecule has 0 N–H and O–H groups in total. The van der Waals surface area contributed by atoms with Gasteiger partial charge < -0.3 is 9.64 Å². The van der Waals surface area contributed by atoms with E-state index in [0.717, 1.165) is 19.7 Å². The maximum Gasteiger partial charge on any atom is 0.290 e. The van der Waals surface area contributed by atoms with Crippen molar-refractivity contribution in [3.05, 3.63) is 0 Å². The standard InChI is InChI=1S/C12H18N2O3/c15-11-3-5-14(12(11)16)7-10-6-13-4-1-2-9(13)8-17-10/h9-10H,1-8H2. The summed E-state index contributed by atoms with van der Waals surface area (Å²) in [7, 11) is 0. The summed E-state index contributed by atoms with van der Waals surface area (Å²) in [4.78, 5) is 26.8. The highest BCUT2D eigenvalue weighted by molar-refractivity contribution is 6.37. The second kappa shape index (κ2) is 4.38. The summed E-state index contributed by atoms with van der Waals surface area (Å²) < 4.78 is 5.79. The molecule has 3 heterocycles. The fourth-order valence-corrected chi connectivity index (χ4v) is 3.04. The number of rotatable bonds is 2. The molecule has 94 valence electrons. The highest BCUT2D eigenvalue weighted by Gasteiger charge is 2.36. The van der Waals surface area contributed by atoms with Gasteiger partial charge in [-0.15, -0.1) is 0 Å². The number of morpholine rings is 1. The van der Waals surface area contributed by atoms with E-state index in [0.29, 0.717) is 25.6 Å². The number of hydrogen-bond donors (Lipinski definition) is 0. The molecule has 2 atom stereocenters. The molecule has 2 unspecified atom stereocenters. The number of hydrogen-bond acceptors (Lipinski definition) is 4. The second-order valence-electron chi connectivity index (χ2n) is 5.17. The summed E-state index contributed by atoms with van der Waals surface area (Å²) in [6.45, 7) is 3.98. The lowest BCUT2D eigenvalue weighted by molar-refractivity contribution is -0.141. The number of ether oxygens (including phenoxy) is 1. The molecular weight excluding hydrogens is 220 g/mol. The minimum Gasteiger partial charge on any atom is -0.373 e. The summed E-state index contributed by atoms with van der Waals surface area (Å²) in [6, 6.07) is 0.585. The molecular formula is C12H18N2O3. The van der Waals surface area contributed by atoms with Crippen LogP contribution in [-0.4, -0.2) is 66.4 Å². The predicted octanol–water partition coefficient (Wildman–Crippen LogP) is -0.349. The van der Waals surface area contributed by atoms with E-state index < -0.39 is 0 Å². The maximum absolute atomic E-state index is 11.5. The van der Waals surface area contributed by atoms with Crippen LogP contribution in [-0.2, 0) is 14.3 Å². The van der Waals surface area contributed by atoms with Crippen molar-refractivity contribution in [3.63, 3.8) is 0 Å². The number of likely N-dealkylation sites (tertiary alicyclic amines) is 1. The number of Topliss-reactive ketones (excluding diaryl/α,β-unsaturated/α-hetero) is 1. The number of fused-ring (bicyclic) bond motifs is 1. The monoisotopic (exact) mass is 238 g/mol. The zero-order valence-corrected chi connectivity index (χ0v) is 9.93. The van der Waals surface area contributed by atoms with Crippen LogP contribution in [0.25, 0.3) is 0 Å². The zero-order valence-electron chi connectivity index (χ0n) is 9.93. The smallest absolute Gasteiger partial charge is 0.290 e. The van der Waals surface area contributed by atoms with Crippen molar-refractivity contribution in [3.8, 4) is 0 Å². The van der Waals surface area contributed by atoms with Crippen molar-refractivity contribution in [2.24, 2.45) is 0 Å². The molecule has 0 aromatic rings. The van der Waals surface area contributed by atoms with Crippen LogP contribution in [0.3, 0.4) is 0 Å². The Bertz CT molecular complexity index is 345. The van der Waals surface area contributed by atoms with Gasteiger partial charge in [-0.3, -0.25) is 14.5 Å². The molecule has 3 saturated heterocycles. The van der Waals surface area contributed by atoms with Crippen LogP contribution in [0, 0.1) is 0 Å². The fraction of sp³-hybridized carbons (Fsp3) is 0.833. The lowest BCUT2D eigenvalue weighted by Gasteiger charge is -2.36. The molecule has 3 aliphatic heterocycles. The van der Waals surface area contributed by atoms with Gasteiger partial charge in [0.15, 0.2) is 0 Å². The molecule has 0 radical (unpaired) electrons. The van der Waals surface area contributed by atoms with Gasteiger partial charge in [0.25, 0.3) is 5.91 Å². The van der Waals surface area contributed by atoms with E-state index in [-0.39, 0.29) is 17.8 Å². The van der Waals surface area contributed by atoms with Crippen molar-refractivity contribution < 1.29 is 14.3 Å². The third-order valence-electron chi connectivity index (χ3n) is 4.02. The Morgan fingerprint density at radius 1 is 1.29 bits per heavy atom. The molecule has 3 aliphatic rings. The Morgan fingerprint density at radius 2 is 2.18 bits per heavy atom. The Hall–Kier alpha value is -0.940. The van der Waals surface area contributed by atoms with Crippen molar-refractivity contribution in [1.82, 2.24) is 9.80 Å². The molecule has 0 spiro atoms. The summed E-state index contributed by atoms with van der Waals surface area (Å²) >= 11 is 0. The highest BCUT2D eigenvalue weighted by Crippen LogP contribution is 2.23. The summed E-state index contributed by atoms with van der Waals surface area (Å²) in [6.07, 6.45) is 2.94. The Balaban J connectivity index is 1.56. The number of carbonyl (C=O) groups is 2. The average Bonchev–Trinajstić information content (AvgIpc) is 2.90. The quantitative estimate of drug-likeness (QED) is 0.617. The van der Waals surface area contributed by atoms with E-state index in [1.807, 2.05) is 0 Å². The number of ketones is 1. The van der Waals surface area contributed by atoms with E-state index in [9.17, 15) is 9.59 Å². The summed E-state index contributed by atoms with van der Waals surface area (Å²) in [5, 5.41) is 0. The normalized spacial score (nSPS) is 34.5. The molecule has 0 saturated carbocycles. The van der Waals surface area contributed by atoms with E-state index in [4.69, 9.17) is 4.74 Å².